The van der Waals surface area contributed by atoms with Crippen molar-refractivity contribution < 1.29 is 9.59 Å². The smallest absolute Gasteiger partial charge is 0.244 e. The average Bonchev–Trinajstić information content (AvgIpc) is 2.69. The highest BCUT2D eigenvalue weighted by atomic mass is 35.5. The first-order valence-electron chi connectivity index (χ1n) is 8.97. The van der Waals surface area contributed by atoms with Crippen LogP contribution in [0.5, 0.6) is 0 Å². The van der Waals surface area contributed by atoms with Crippen LogP contribution in [-0.4, -0.2) is 29.8 Å². The van der Waals surface area contributed by atoms with Crippen molar-refractivity contribution in [1.29, 1.82) is 0 Å². The molecule has 0 spiro atoms. The Morgan fingerprint density at radius 1 is 0.929 bits per heavy atom. The molecule has 3 rings (SSSR count). The molecular weight excluding hydrogens is 395 g/mol. The molecule has 0 heterocycles. The first-order chi connectivity index (χ1) is 13.5. The number of anilines is 1. The molecule has 0 radical (unpaired) electrons. The van der Waals surface area contributed by atoms with E-state index in [9.17, 15) is 9.59 Å². The molecule has 0 atom stereocenters. The Hall–Kier alpha value is -2.56. The summed E-state index contributed by atoms with van der Waals surface area (Å²) in [5.41, 5.74) is 1.27. The summed E-state index contributed by atoms with van der Waals surface area (Å²) in [7, 11) is 0. The zero-order valence-electron chi connectivity index (χ0n) is 15.4. The fraction of sp³-hybridized carbons (Fsp3) is 0.182. The molecule has 0 aliphatic heterocycles. The summed E-state index contributed by atoms with van der Waals surface area (Å²) >= 11 is 12.2. The summed E-state index contributed by atoms with van der Waals surface area (Å²) in [6, 6.07) is 18.9. The van der Waals surface area contributed by atoms with E-state index in [1.807, 2.05) is 49.4 Å². The highest BCUT2D eigenvalue weighted by molar-refractivity contribution is 6.39. The molecule has 1 N–H and O–H groups in total. The number of benzene rings is 3. The molecule has 0 saturated carbocycles. The Morgan fingerprint density at radius 3 is 2.29 bits per heavy atom. The molecule has 0 aromatic heterocycles. The summed E-state index contributed by atoms with van der Waals surface area (Å²) in [5.74, 6) is -0.457. The maximum absolute atomic E-state index is 12.7. The highest BCUT2D eigenvalue weighted by Crippen LogP contribution is 2.29. The number of halogens is 2. The fourth-order valence-corrected chi connectivity index (χ4v) is 3.47. The summed E-state index contributed by atoms with van der Waals surface area (Å²) in [6.07, 6.45) is 0.235. The maximum atomic E-state index is 12.7. The van der Waals surface area contributed by atoms with Crippen molar-refractivity contribution in [2.45, 2.75) is 13.3 Å². The van der Waals surface area contributed by atoms with Crippen LogP contribution in [0.3, 0.4) is 0 Å². The van der Waals surface area contributed by atoms with E-state index in [0.29, 0.717) is 22.3 Å². The third kappa shape index (κ3) is 4.83. The van der Waals surface area contributed by atoms with E-state index in [4.69, 9.17) is 23.2 Å². The number of hydrogen-bond donors (Lipinski definition) is 1. The molecule has 6 heteroatoms. The van der Waals surface area contributed by atoms with Crippen molar-refractivity contribution in [2.24, 2.45) is 0 Å². The van der Waals surface area contributed by atoms with Crippen LogP contribution in [0.1, 0.15) is 12.5 Å². The second-order valence-corrected chi connectivity index (χ2v) is 7.23. The van der Waals surface area contributed by atoms with Crippen molar-refractivity contribution in [3.8, 4) is 0 Å². The van der Waals surface area contributed by atoms with Crippen molar-refractivity contribution in [3.05, 3.63) is 76.3 Å². The Kier molecular flexibility index (Phi) is 6.55. The number of para-hydroxylation sites is 1. The molecule has 0 saturated heterocycles. The van der Waals surface area contributed by atoms with Crippen LogP contribution >= 0.6 is 23.2 Å². The number of nitrogens with zero attached hydrogens (tertiary/aromatic N) is 1. The number of carbonyl (C=O) groups is 2. The van der Waals surface area contributed by atoms with Crippen molar-refractivity contribution in [2.75, 3.05) is 18.4 Å². The minimum Gasteiger partial charge on any atom is -0.333 e. The van der Waals surface area contributed by atoms with Gasteiger partial charge in [-0.15, -0.1) is 0 Å². The van der Waals surface area contributed by atoms with E-state index in [2.05, 4.69) is 5.32 Å². The lowest BCUT2D eigenvalue weighted by Gasteiger charge is -2.21. The van der Waals surface area contributed by atoms with Gasteiger partial charge < -0.3 is 10.2 Å². The topological polar surface area (TPSA) is 49.4 Å². The number of nitrogens with one attached hydrogen (secondary N) is 1. The number of carbonyl (C=O) groups excluding carboxylic acids is 2. The molecule has 4 nitrogen and oxygen atoms in total. The number of likely N-dealkylation sites (N-methyl/N-ethyl adjacent to an activating group) is 1. The number of fused-ring (bicyclic) bond motifs is 1. The van der Waals surface area contributed by atoms with E-state index in [1.54, 1.807) is 18.2 Å². The molecule has 0 aliphatic rings. The first kappa shape index (κ1) is 20.2. The van der Waals surface area contributed by atoms with Crippen LogP contribution in [0.15, 0.2) is 60.7 Å². The summed E-state index contributed by atoms with van der Waals surface area (Å²) in [6.45, 7) is 2.20. The SMILES string of the molecule is CCN(CC(=O)Nc1c(Cl)cccc1Cl)C(=O)Cc1ccc2ccccc2c1. The number of amides is 2. The van der Waals surface area contributed by atoms with Gasteiger partial charge >= 0.3 is 0 Å². The molecule has 28 heavy (non-hydrogen) atoms. The fourth-order valence-electron chi connectivity index (χ4n) is 2.98. The first-order valence-corrected chi connectivity index (χ1v) is 9.73. The predicted molar refractivity (Wildman–Crippen MR) is 115 cm³/mol. The van der Waals surface area contributed by atoms with Crippen molar-refractivity contribution >= 4 is 51.5 Å². The van der Waals surface area contributed by atoms with Gasteiger partial charge in [0.05, 0.1) is 28.7 Å². The zero-order chi connectivity index (χ0) is 20.1. The minimum absolute atomic E-state index is 0.0650. The lowest BCUT2D eigenvalue weighted by Crippen LogP contribution is -2.38. The van der Waals surface area contributed by atoms with E-state index in [0.717, 1.165) is 16.3 Å². The van der Waals surface area contributed by atoms with Gasteiger partial charge in [-0.3, -0.25) is 9.59 Å². The second kappa shape index (κ2) is 9.09. The maximum Gasteiger partial charge on any atom is 0.244 e. The molecule has 0 bridgehead atoms. The van der Waals surface area contributed by atoms with Gasteiger partial charge in [0.1, 0.15) is 0 Å². The minimum atomic E-state index is -0.344. The van der Waals surface area contributed by atoms with Crippen LogP contribution in [0.25, 0.3) is 10.8 Å². The van der Waals surface area contributed by atoms with Gasteiger partial charge in [0.2, 0.25) is 11.8 Å². The number of rotatable bonds is 6. The van der Waals surface area contributed by atoms with Crippen LogP contribution in [0.4, 0.5) is 5.69 Å². The summed E-state index contributed by atoms with van der Waals surface area (Å²) in [5, 5.41) is 5.61. The molecule has 144 valence electrons. The van der Waals surface area contributed by atoms with E-state index in [-0.39, 0.29) is 24.8 Å². The molecule has 0 unspecified atom stereocenters. The largest absolute Gasteiger partial charge is 0.333 e. The molecule has 2 amide bonds. The molecule has 0 fully saturated rings. The second-order valence-electron chi connectivity index (χ2n) is 6.41. The summed E-state index contributed by atoms with van der Waals surface area (Å²) < 4.78 is 0. The standard InChI is InChI=1S/C22H20Cl2N2O2/c1-2-26(14-20(27)25-22-18(23)8-5-9-19(22)24)21(28)13-15-10-11-16-6-3-4-7-17(16)12-15/h3-12H,2,13-14H2,1H3,(H,25,27). The van der Waals surface area contributed by atoms with Crippen LogP contribution in [0, 0.1) is 0 Å². The lowest BCUT2D eigenvalue weighted by atomic mass is 10.0. The van der Waals surface area contributed by atoms with Crippen molar-refractivity contribution in [3.63, 3.8) is 0 Å². The van der Waals surface area contributed by atoms with Gasteiger partial charge in [0.25, 0.3) is 0 Å². The normalized spacial score (nSPS) is 10.7. The van der Waals surface area contributed by atoms with Gasteiger partial charge in [-0.1, -0.05) is 71.7 Å². The predicted octanol–water partition coefficient (Wildman–Crippen LogP) is 5.18. The highest BCUT2D eigenvalue weighted by Gasteiger charge is 2.17. The Bertz CT molecular complexity index is 1000. The molecule has 3 aromatic carbocycles. The Balaban J connectivity index is 1.66. The van der Waals surface area contributed by atoms with Crippen LogP contribution in [0.2, 0.25) is 10.0 Å². The monoisotopic (exact) mass is 414 g/mol. The molecular formula is C22H20Cl2N2O2. The number of hydrogen-bond acceptors (Lipinski definition) is 2. The molecule has 3 aromatic rings. The van der Waals surface area contributed by atoms with Crippen molar-refractivity contribution in [1.82, 2.24) is 4.90 Å². The van der Waals surface area contributed by atoms with Gasteiger partial charge in [-0.2, -0.15) is 0 Å². The van der Waals surface area contributed by atoms with Crippen LogP contribution < -0.4 is 5.32 Å². The van der Waals surface area contributed by atoms with Gasteiger partial charge in [-0.05, 0) is 35.4 Å². The summed E-state index contributed by atoms with van der Waals surface area (Å²) in [4.78, 5) is 26.6. The van der Waals surface area contributed by atoms with E-state index >= 15 is 0 Å². The average molecular weight is 415 g/mol. The Labute approximate surface area is 174 Å². The quantitative estimate of drug-likeness (QED) is 0.604. The lowest BCUT2D eigenvalue weighted by molar-refractivity contribution is -0.133. The van der Waals surface area contributed by atoms with Crippen LogP contribution in [-0.2, 0) is 16.0 Å². The van der Waals surface area contributed by atoms with Gasteiger partial charge in [0.15, 0.2) is 0 Å². The van der Waals surface area contributed by atoms with Gasteiger partial charge in [0, 0.05) is 6.54 Å². The van der Waals surface area contributed by atoms with E-state index < -0.39 is 0 Å². The van der Waals surface area contributed by atoms with E-state index in [1.165, 1.54) is 4.90 Å². The zero-order valence-corrected chi connectivity index (χ0v) is 16.9. The molecule has 0 aliphatic carbocycles. The third-order valence-electron chi connectivity index (χ3n) is 4.47. The van der Waals surface area contributed by atoms with Gasteiger partial charge in [-0.25, -0.2) is 0 Å². The Morgan fingerprint density at radius 2 is 1.61 bits per heavy atom. The third-order valence-corrected chi connectivity index (χ3v) is 5.10.